The predicted octanol–water partition coefficient (Wildman–Crippen LogP) is 2.09. The van der Waals surface area contributed by atoms with E-state index in [0.29, 0.717) is 16.3 Å². The van der Waals surface area contributed by atoms with Crippen LogP contribution in [-0.2, 0) is 0 Å². The first-order valence-electron chi connectivity index (χ1n) is 5.23. The number of aromatic nitrogens is 2. The predicted molar refractivity (Wildman–Crippen MR) is 70.4 cm³/mol. The molecule has 98 valence electrons. The van der Waals surface area contributed by atoms with Crippen molar-refractivity contribution in [3.8, 4) is 17.1 Å². The number of carboxylic acids is 1. The number of hydrogen-bond acceptors (Lipinski definition) is 5. The van der Waals surface area contributed by atoms with Crippen molar-refractivity contribution in [1.29, 1.82) is 0 Å². The van der Waals surface area contributed by atoms with Gasteiger partial charge in [0.2, 0.25) is 0 Å². The molecule has 1 aromatic heterocycles. The molecule has 1 aromatic carbocycles. The Morgan fingerprint density at radius 2 is 2.11 bits per heavy atom. The number of halogens is 1. The molecule has 0 saturated heterocycles. The summed E-state index contributed by atoms with van der Waals surface area (Å²) >= 11 is 5.91. The Bertz CT molecular complexity index is 646. The monoisotopic (exact) mass is 279 g/mol. The summed E-state index contributed by atoms with van der Waals surface area (Å²) in [7, 11) is 1.48. The fourth-order valence-corrected chi connectivity index (χ4v) is 1.70. The van der Waals surface area contributed by atoms with Crippen LogP contribution in [0.4, 0.5) is 5.82 Å². The Morgan fingerprint density at radius 3 is 2.74 bits per heavy atom. The van der Waals surface area contributed by atoms with Crippen LogP contribution in [0.15, 0.2) is 24.3 Å². The second-order valence-electron chi connectivity index (χ2n) is 3.66. The zero-order valence-corrected chi connectivity index (χ0v) is 10.7. The summed E-state index contributed by atoms with van der Waals surface area (Å²) in [6.45, 7) is 0. The van der Waals surface area contributed by atoms with E-state index in [1.54, 1.807) is 18.2 Å². The van der Waals surface area contributed by atoms with Crippen LogP contribution >= 0.6 is 11.6 Å². The number of hydrogen-bond donors (Lipinski definition) is 2. The Labute approximate surface area is 113 Å². The lowest BCUT2D eigenvalue weighted by molar-refractivity contribution is 0.0690. The molecule has 1 heterocycles. The van der Waals surface area contributed by atoms with Gasteiger partial charge in [0.05, 0.1) is 12.1 Å². The van der Waals surface area contributed by atoms with E-state index in [-0.39, 0.29) is 17.3 Å². The first-order valence-corrected chi connectivity index (χ1v) is 5.61. The van der Waals surface area contributed by atoms with Crippen LogP contribution in [0.5, 0.6) is 5.75 Å². The minimum absolute atomic E-state index is 0.0799. The van der Waals surface area contributed by atoms with E-state index < -0.39 is 5.97 Å². The van der Waals surface area contributed by atoms with E-state index >= 15 is 0 Å². The molecule has 0 radical (unpaired) electrons. The molecule has 0 saturated carbocycles. The van der Waals surface area contributed by atoms with E-state index in [9.17, 15) is 4.79 Å². The highest BCUT2D eigenvalue weighted by molar-refractivity contribution is 6.32. The smallest absolute Gasteiger partial charge is 0.354 e. The molecular weight excluding hydrogens is 270 g/mol. The highest BCUT2D eigenvalue weighted by Gasteiger charge is 2.12. The molecule has 0 bridgehead atoms. The summed E-state index contributed by atoms with van der Waals surface area (Å²) < 4.78 is 5.08. The molecule has 0 spiro atoms. The molecule has 0 atom stereocenters. The molecule has 2 rings (SSSR count). The second kappa shape index (κ2) is 5.11. The van der Waals surface area contributed by atoms with Gasteiger partial charge < -0.3 is 15.6 Å². The van der Waals surface area contributed by atoms with Crippen molar-refractivity contribution in [3.05, 3.63) is 35.0 Å². The zero-order chi connectivity index (χ0) is 14.0. The second-order valence-corrected chi connectivity index (χ2v) is 4.06. The number of nitrogens with zero attached hydrogens (tertiary/aromatic N) is 2. The molecule has 6 nitrogen and oxygen atoms in total. The van der Waals surface area contributed by atoms with Gasteiger partial charge >= 0.3 is 5.97 Å². The number of benzene rings is 1. The maximum absolute atomic E-state index is 10.9. The average Bonchev–Trinajstić information content (AvgIpc) is 2.38. The number of rotatable bonds is 3. The van der Waals surface area contributed by atoms with Crippen LogP contribution in [0.1, 0.15) is 10.5 Å². The first kappa shape index (κ1) is 13.1. The van der Waals surface area contributed by atoms with Crippen molar-refractivity contribution in [2.75, 3.05) is 12.8 Å². The topological polar surface area (TPSA) is 98.3 Å². The highest BCUT2D eigenvalue weighted by Crippen LogP contribution is 2.29. The van der Waals surface area contributed by atoms with E-state index in [0.717, 1.165) is 0 Å². The molecule has 3 N–H and O–H groups in total. The van der Waals surface area contributed by atoms with Crippen LogP contribution in [0, 0.1) is 0 Å². The minimum atomic E-state index is -1.17. The van der Waals surface area contributed by atoms with Crippen molar-refractivity contribution < 1.29 is 14.6 Å². The van der Waals surface area contributed by atoms with Crippen molar-refractivity contribution in [1.82, 2.24) is 9.97 Å². The molecule has 0 aliphatic carbocycles. The molecule has 0 fully saturated rings. The summed E-state index contributed by atoms with van der Waals surface area (Å²) in [6, 6.07) is 6.08. The van der Waals surface area contributed by atoms with E-state index in [1.165, 1.54) is 13.2 Å². The lowest BCUT2D eigenvalue weighted by atomic mass is 10.2. The van der Waals surface area contributed by atoms with Gasteiger partial charge in [0.1, 0.15) is 11.6 Å². The van der Waals surface area contributed by atoms with Gasteiger partial charge in [-0.3, -0.25) is 0 Å². The summed E-state index contributed by atoms with van der Waals surface area (Å²) in [5.74, 6) is -0.443. The molecule has 2 aromatic rings. The number of methoxy groups -OCH3 is 1. The van der Waals surface area contributed by atoms with Crippen molar-refractivity contribution in [3.63, 3.8) is 0 Å². The fourth-order valence-electron chi connectivity index (χ4n) is 1.50. The lowest BCUT2D eigenvalue weighted by Crippen LogP contribution is -2.05. The van der Waals surface area contributed by atoms with Gasteiger partial charge in [-0.25, -0.2) is 14.8 Å². The number of carbonyl (C=O) groups is 1. The third-order valence-electron chi connectivity index (χ3n) is 2.37. The third kappa shape index (κ3) is 2.74. The maximum Gasteiger partial charge on any atom is 0.354 e. The quantitative estimate of drug-likeness (QED) is 0.892. The highest BCUT2D eigenvalue weighted by atomic mass is 35.5. The zero-order valence-electron chi connectivity index (χ0n) is 9.92. The van der Waals surface area contributed by atoms with Gasteiger partial charge in [0.15, 0.2) is 11.5 Å². The molecule has 0 aliphatic rings. The number of aromatic carboxylic acids is 1. The number of ether oxygens (including phenoxy) is 1. The average molecular weight is 280 g/mol. The Morgan fingerprint density at radius 1 is 1.37 bits per heavy atom. The van der Waals surface area contributed by atoms with Gasteiger partial charge in [-0.1, -0.05) is 11.6 Å². The van der Waals surface area contributed by atoms with Gasteiger partial charge in [-0.15, -0.1) is 0 Å². The van der Waals surface area contributed by atoms with Crippen molar-refractivity contribution in [2.24, 2.45) is 0 Å². The summed E-state index contributed by atoms with van der Waals surface area (Å²) in [4.78, 5) is 18.8. The molecule has 0 amide bonds. The Hall–Kier alpha value is -2.34. The minimum Gasteiger partial charge on any atom is -0.495 e. The number of nitrogen functional groups attached to an aromatic ring is 1. The Kier molecular flexibility index (Phi) is 3.52. The van der Waals surface area contributed by atoms with Crippen molar-refractivity contribution >= 4 is 23.4 Å². The fraction of sp³-hybridized carbons (Fsp3) is 0.0833. The number of anilines is 1. The maximum atomic E-state index is 10.9. The lowest BCUT2D eigenvalue weighted by Gasteiger charge is -2.07. The van der Waals surface area contributed by atoms with Crippen LogP contribution in [0.25, 0.3) is 11.4 Å². The van der Waals surface area contributed by atoms with Crippen molar-refractivity contribution in [2.45, 2.75) is 0 Å². The number of nitrogens with two attached hydrogens (primary N) is 1. The summed E-state index contributed by atoms with van der Waals surface area (Å²) in [5.41, 5.74) is 5.96. The van der Waals surface area contributed by atoms with Gasteiger partial charge in [0.25, 0.3) is 0 Å². The standard InChI is InChI=1S/C12H10ClN3O3/c1-19-9-4-6(2-3-7(9)13)11-15-8(12(17)18)5-10(14)16-11/h2-5H,1H3,(H,17,18)(H2,14,15,16). The van der Waals surface area contributed by atoms with Gasteiger partial charge in [0, 0.05) is 11.6 Å². The third-order valence-corrected chi connectivity index (χ3v) is 2.69. The summed E-state index contributed by atoms with van der Waals surface area (Å²) in [5, 5.41) is 9.37. The van der Waals surface area contributed by atoms with Gasteiger partial charge in [-0.2, -0.15) is 0 Å². The summed E-state index contributed by atoms with van der Waals surface area (Å²) in [6.07, 6.45) is 0. The molecule has 19 heavy (non-hydrogen) atoms. The van der Waals surface area contributed by atoms with Crippen LogP contribution in [0.2, 0.25) is 5.02 Å². The normalized spacial score (nSPS) is 10.2. The van der Waals surface area contributed by atoms with Crippen LogP contribution < -0.4 is 10.5 Å². The molecular formula is C12H10ClN3O3. The van der Waals surface area contributed by atoms with E-state index in [2.05, 4.69) is 9.97 Å². The number of carboxylic acid groups (broad SMARTS) is 1. The van der Waals surface area contributed by atoms with E-state index in [1.807, 2.05) is 0 Å². The van der Waals surface area contributed by atoms with Crippen LogP contribution in [0.3, 0.4) is 0 Å². The molecule has 7 heteroatoms. The van der Waals surface area contributed by atoms with E-state index in [4.69, 9.17) is 27.2 Å². The van der Waals surface area contributed by atoms with Crippen LogP contribution in [-0.4, -0.2) is 28.2 Å². The Balaban J connectivity index is 2.55. The molecule has 0 aliphatic heterocycles. The largest absolute Gasteiger partial charge is 0.495 e. The first-order chi connectivity index (χ1) is 9.01. The van der Waals surface area contributed by atoms with Gasteiger partial charge in [-0.05, 0) is 18.2 Å². The molecule has 0 unspecified atom stereocenters. The SMILES string of the molecule is COc1cc(-c2nc(N)cc(C(=O)O)n2)ccc1Cl.